The summed E-state index contributed by atoms with van der Waals surface area (Å²) in [4.78, 5) is 0. The molecule has 0 unspecified atom stereocenters. The van der Waals surface area contributed by atoms with Crippen LogP contribution < -0.4 is 4.74 Å². The number of benzene rings is 1. The summed E-state index contributed by atoms with van der Waals surface area (Å²) in [6, 6.07) is 6.65. The van der Waals surface area contributed by atoms with Gasteiger partial charge in [-0.05, 0) is 43.2 Å². The second-order valence-electron chi connectivity index (χ2n) is 6.86. The molecule has 18 heavy (non-hydrogen) atoms. The molecule has 1 aromatic rings. The Morgan fingerprint density at radius 2 is 1.83 bits per heavy atom. The van der Waals surface area contributed by atoms with Crippen LogP contribution in [0, 0.1) is 11.3 Å². The largest absolute Gasteiger partial charge is 0.491 e. The van der Waals surface area contributed by atoms with E-state index in [4.69, 9.17) is 4.74 Å². The number of ether oxygens (including phenoxy) is 1. The van der Waals surface area contributed by atoms with Gasteiger partial charge < -0.3 is 4.74 Å². The zero-order valence-corrected chi connectivity index (χ0v) is 12.6. The molecule has 1 heteroatoms. The Morgan fingerprint density at radius 1 is 1.17 bits per heavy atom. The number of rotatable bonds is 5. The minimum atomic E-state index is 0.256. The van der Waals surface area contributed by atoms with Crippen molar-refractivity contribution < 1.29 is 4.74 Å². The monoisotopic (exact) mass is 246 g/mol. The fraction of sp³-hybridized carbons (Fsp3) is 0.647. The zero-order valence-electron chi connectivity index (χ0n) is 12.6. The Morgan fingerprint density at radius 3 is 2.33 bits per heavy atom. The average Bonchev–Trinajstić information content (AvgIpc) is 2.24. The van der Waals surface area contributed by atoms with Crippen LogP contribution in [0.25, 0.3) is 0 Å². The van der Waals surface area contributed by atoms with E-state index in [1.165, 1.54) is 17.5 Å². The smallest absolute Gasteiger partial charge is 0.123 e. The van der Waals surface area contributed by atoms with Gasteiger partial charge in [-0.15, -0.1) is 0 Å². The van der Waals surface area contributed by atoms with Gasteiger partial charge in [0.15, 0.2) is 0 Å². The van der Waals surface area contributed by atoms with Crippen LogP contribution in [-0.2, 0) is 0 Å². The van der Waals surface area contributed by atoms with Crippen LogP contribution in [0.3, 0.4) is 0 Å². The summed E-state index contributed by atoms with van der Waals surface area (Å²) in [5.41, 5.74) is 3.27. The molecule has 0 amide bonds. The molecule has 0 aromatic heterocycles. The van der Waals surface area contributed by atoms with Crippen molar-refractivity contribution in [3.8, 4) is 5.75 Å². The van der Waals surface area contributed by atoms with Crippen LogP contribution in [0.15, 0.2) is 18.2 Å². The van der Waals surface area contributed by atoms with Crippen molar-refractivity contribution in [1.82, 2.24) is 0 Å². The first-order valence-corrected chi connectivity index (χ1v) is 7.12. The molecule has 0 aliphatic heterocycles. The predicted molar refractivity (Wildman–Crippen MR) is 77.3 cm³/mol. The van der Waals surface area contributed by atoms with Crippen LogP contribution in [0.5, 0.6) is 5.75 Å². The molecule has 0 radical (unpaired) electrons. The Kier molecular flexibility index (Phi) is 3.44. The molecule has 2 bridgehead atoms. The highest BCUT2D eigenvalue weighted by Gasteiger charge is 2.34. The summed E-state index contributed by atoms with van der Waals surface area (Å²) in [7, 11) is 0. The zero-order chi connectivity index (χ0) is 13.5. The molecule has 1 aromatic carbocycles. The molecule has 2 aliphatic carbocycles. The molecule has 1 atom stereocenters. The normalized spacial score (nSPS) is 18.1. The van der Waals surface area contributed by atoms with E-state index >= 15 is 0 Å². The molecular weight excluding hydrogens is 220 g/mol. The lowest BCUT2D eigenvalue weighted by Crippen LogP contribution is -2.26. The summed E-state index contributed by atoms with van der Waals surface area (Å²) >= 11 is 0. The van der Waals surface area contributed by atoms with Gasteiger partial charge in [0, 0.05) is 11.5 Å². The quantitative estimate of drug-likeness (QED) is 0.711. The predicted octanol–water partition coefficient (Wildman–Crippen LogP) is 4.99. The first-order chi connectivity index (χ1) is 8.31. The molecule has 0 spiro atoms. The second kappa shape index (κ2) is 4.60. The molecule has 0 heterocycles. The van der Waals surface area contributed by atoms with E-state index in [9.17, 15) is 0 Å². The molecule has 0 saturated carbocycles. The Hall–Kier alpha value is -0.980. The van der Waals surface area contributed by atoms with Crippen LogP contribution in [0.2, 0.25) is 0 Å². The molecule has 0 N–H and O–H groups in total. The highest BCUT2D eigenvalue weighted by molar-refractivity contribution is 5.53. The van der Waals surface area contributed by atoms with Gasteiger partial charge in [-0.2, -0.15) is 0 Å². The molecule has 3 rings (SSSR count). The van der Waals surface area contributed by atoms with E-state index in [1.807, 2.05) is 0 Å². The first-order valence-electron chi connectivity index (χ1n) is 7.12. The van der Waals surface area contributed by atoms with Gasteiger partial charge in [-0.25, -0.2) is 0 Å². The lowest BCUT2D eigenvalue weighted by atomic mass is 9.67. The van der Waals surface area contributed by atoms with Gasteiger partial charge >= 0.3 is 0 Å². The van der Waals surface area contributed by atoms with E-state index < -0.39 is 0 Å². The third-order valence-corrected chi connectivity index (χ3v) is 4.47. The van der Waals surface area contributed by atoms with Crippen molar-refractivity contribution in [2.24, 2.45) is 11.3 Å². The topological polar surface area (TPSA) is 9.23 Å². The molecular formula is C17H26O. The summed E-state index contributed by atoms with van der Waals surface area (Å²) in [5.74, 6) is 2.39. The third kappa shape index (κ3) is 2.41. The van der Waals surface area contributed by atoms with Gasteiger partial charge in [0.1, 0.15) is 5.75 Å². The summed E-state index contributed by atoms with van der Waals surface area (Å²) in [6.07, 6.45) is 1.48. The van der Waals surface area contributed by atoms with Crippen molar-refractivity contribution in [2.45, 2.75) is 60.0 Å². The van der Waals surface area contributed by atoms with E-state index in [-0.39, 0.29) is 6.10 Å². The molecule has 0 fully saturated rings. The molecule has 100 valence electrons. The molecule has 0 saturated heterocycles. The molecule has 1 nitrogen and oxygen atoms in total. The SMILES string of the molecule is CC(C)Oc1ccc2cc1[C@@H]2CC(C)(C)C(C)C. The van der Waals surface area contributed by atoms with E-state index in [0.717, 1.165) is 5.75 Å². The van der Waals surface area contributed by atoms with Gasteiger partial charge in [-0.1, -0.05) is 39.8 Å². The number of hydrogen-bond donors (Lipinski definition) is 0. The van der Waals surface area contributed by atoms with Crippen molar-refractivity contribution in [3.63, 3.8) is 0 Å². The second-order valence-corrected chi connectivity index (χ2v) is 6.86. The highest BCUT2D eigenvalue weighted by atomic mass is 16.5. The fourth-order valence-electron chi connectivity index (χ4n) is 2.49. The Bertz CT molecular complexity index is 425. The van der Waals surface area contributed by atoms with E-state index in [1.54, 1.807) is 0 Å². The van der Waals surface area contributed by atoms with Crippen LogP contribution in [0.1, 0.15) is 65.0 Å². The van der Waals surface area contributed by atoms with Crippen LogP contribution in [-0.4, -0.2) is 6.10 Å². The van der Waals surface area contributed by atoms with Crippen LogP contribution >= 0.6 is 0 Å². The maximum Gasteiger partial charge on any atom is 0.123 e. The summed E-state index contributed by atoms with van der Waals surface area (Å²) in [5, 5.41) is 0. The summed E-state index contributed by atoms with van der Waals surface area (Å²) < 4.78 is 5.89. The fourth-order valence-corrected chi connectivity index (χ4v) is 2.49. The van der Waals surface area contributed by atoms with Crippen molar-refractivity contribution >= 4 is 0 Å². The first kappa shape index (κ1) is 13.5. The average molecular weight is 246 g/mol. The van der Waals surface area contributed by atoms with Crippen molar-refractivity contribution in [1.29, 1.82) is 0 Å². The molecule has 2 aliphatic rings. The van der Waals surface area contributed by atoms with Crippen molar-refractivity contribution in [2.75, 3.05) is 0 Å². The highest BCUT2D eigenvalue weighted by Crippen LogP contribution is 2.49. The maximum atomic E-state index is 5.89. The standard InChI is InChI=1S/C17H26O/c1-11(2)17(5,6)10-15-13-7-8-16(14(15)9-13)18-12(3)4/h7-9,11-12,15H,10H2,1-6H3/t15-/m1/s1. The maximum absolute atomic E-state index is 5.89. The van der Waals surface area contributed by atoms with Crippen molar-refractivity contribution in [3.05, 3.63) is 29.3 Å². The van der Waals surface area contributed by atoms with Crippen LogP contribution in [0.4, 0.5) is 0 Å². The van der Waals surface area contributed by atoms with Gasteiger partial charge in [-0.3, -0.25) is 0 Å². The van der Waals surface area contributed by atoms with Gasteiger partial charge in [0.2, 0.25) is 0 Å². The third-order valence-electron chi connectivity index (χ3n) is 4.47. The minimum Gasteiger partial charge on any atom is -0.491 e. The number of fused-ring (bicyclic) bond motifs is 2. The lowest BCUT2D eigenvalue weighted by molar-refractivity contribution is 0.207. The Balaban J connectivity index is 2.13. The van der Waals surface area contributed by atoms with Gasteiger partial charge in [0.25, 0.3) is 0 Å². The van der Waals surface area contributed by atoms with E-state index in [0.29, 0.717) is 17.3 Å². The van der Waals surface area contributed by atoms with Gasteiger partial charge in [0.05, 0.1) is 6.10 Å². The Labute approximate surface area is 112 Å². The lowest BCUT2D eigenvalue weighted by Gasteiger charge is -2.38. The number of hydrogen-bond acceptors (Lipinski definition) is 1. The van der Waals surface area contributed by atoms with E-state index in [2.05, 4.69) is 59.7 Å². The minimum absolute atomic E-state index is 0.256. The summed E-state index contributed by atoms with van der Waals surface area (Å²) in [6.45, 7) is 13.6.